The Labute approximate surface area is 150 Å². The lowest BCUT2D eigenvalue weighted by molar-refractivity contribution is 0.192. The van der Waals surface area contributed by atoms with Crippen LogP contribution in [-0.2, 0) is 0 Å². The van der Waals surface area contributed by atoms with Crippen molar-refractivity contribution in [2.45, 2.75) is 69.9 Å². The van der Waals surface area contributed by atoms with E-state index >= 15 is 0 Å². The van der Waals surface area contributed by atoms with Crippen LogP contribution in [0.2, 0.25) is 0 Å². The van der Waals surface area contributed by atoms with E-state index in [1.807, 2.05) is 9.80 Å². The van der Waals surface area contributed by atoms with E-state index < -0.39 is 0 Å². The predicted octanol–water partition coefficient (Wildman–Crippen LogP) is 2.54. The number of urea groups is 2. The van der Waals surface area contributed by atoms with Gasteiger partial charge >= 0.3 is 12.1 Å². The van der Waals surface area contributed by atoms with E-state index in [1.54, 1.807) is 0 Å². The minimum Gasteiger partial charge on any atom is -0.335 e. The second kappa shape index (κ2) is 7.42. The number of hydrogen-bond donors (Lipinski definition) is 2. The van der Waals surface area contributed by atoms with Gasteiger partial charge in [0.05, 0.1) is 0 Å². The summed E-state index contributed by atoms with van der Waals surface area (Å²) in [6.07, 6.45) is 11.0. The van der Waals surface area contributed by atoms with Gasteiger partial charge in [-0.3, -0.25) is 0 Å². The first-order valence-electron chi connectivity index (χ1n) is 10.3. The molecule has 2 saturated heterocycles. The van der Waals surface area contributed by atoms with Crippen molar-refractivity contribution in [3.8, 4) is 0 Å². The van der Waals surface area contributed by atoms with Gasteiger partial charge in [0, 0.05) is 38.3 Å². The molecule has 4 rings (SSSR count). The van der Waals surface area contributed by atoms with Gasteiger partial charge in [-0.05, 0) is 69.6 Å². The van der Waals surface area contributed by atoms with Crippen LogP contribution < -0.4 is 10.6 Å². The number of rotatable bonds is 4. The Hall–Kier alpha value is -1.46. The van der Waals surface area contributed by atoms with Crippen LogP contribution in [0.5, 0.6) is 0 Å². The molecule has 2 heterocycles. The Kier molecular flexibility index (Phi) is 5.04. The van der Waals surface area contributed by atoms with E-state index in [2.05, 4.69) is 10.6 Å². The van der Waals surface area contributed by atoms with Gasteiger partial charge in [0.15, 0.2) is 0 Å². The first-order valence-corrected chi connectivity index (χ1v) is 10.3. The van der Waals surface area contributed by atoms with Crippen molar-refractivity contribution in [3.63, 3.8) is 0 Å². The van der Waals surface area contributed by atoms with Crippen LogP contribution in [-0.4, -0.2) is 60.1 Å². The topological polar surface area (TPSA) is 64.2 Å². The third-order valence-electron chi connectivity index (χ3n) is 6.48. The standard InChI is InChI=1S/C19H32N4O2/c24-18(22-9-10-22)20-16-5-1-14(2-6-16)13-15-3-7-17(8-4-15)21-19(25)23-11-12-23/h14-17H,1-13H2,(H,20,24)(H,21,25). The molecule has 140 valence electrons. The molecule has 6 nitrogen and oxygen atoms in total. The zero-order chi connectivity index (χ0) is 17.2. The fourth-order valence-electron chi connectivity index (χ4n) is 4.59. The van der Waals surface area contributed by atoms with Crippen LogP contribution in [0.15, 0.2) is 0 Å². The lowest BCUT2D eigenvalue weighted by Gasteiger charge is -2.34. The Bertz CT molecular complexity index is 444. The minimum atomic E-state index is 0.145. The van der Waals surface area contributed by atoms with Crippen LogP contribution in [0.1, 0.15) is 57.8 Å². The van der Waals surface area contributed by atoms with Gasteiger partial charge in [-0.2, -0.15) is 0 Å². The number of nitrogens with one attached hydrogen (secondary N) is 2. The average molecular weight is 348 g/mol. The fraction of sp³-hybridized carbons (Fsp3) is 0.895. The van der Waals surface area contributed by atoms with E-state index in [9.17, 15) is 9.59 Å². The molecule has 0 aromatic carbocycles. The fourth-order valence-corrected chi connectivity index (χ4v) is 4.59. The third kappa shape index (κ3) is 4.79. The molecule has 0 unspecified atom stereocenters. The number of amides is 4. The molecule has 0 radical (unpaired) electrons. The summed E-state index contributed by atoms with van der Waals surface area (Å²) in [5.74, 6) is 1.67. The van der Waals surface area contributed by atoms with Crippen LogP contribution in [0.25, 0.3) is 0 Å². The van der Waals surface area contributed by atoms with E-state index in [0.717, 1.165) is 63.7 Å². The molecule has 0 aromatic rings. The quantitative estimate of drug-likeness (QED) is 0.767. The molecule has 4 amide bonds. The van der Waals surface area contributed by atoms with E-state index in [1.165, 1.54) is 32.1 Å². The predicted molar refractivity (Wildman–Crippen MR) is 96.3 cm³/mol. The van der Waals surface area contributed by atoms with Crippen molar-refractivity contribution in [2.24, 2.45) is 11.8 Å². The Balaban J connectivity index is 1.11. The summed E-state index contributed by atoms with van der Waals surface area (Å²) < 4.78 is 0. The highest BCUT2D eigenvalue weighted by molar-refractivity contribution is 5.77. The molecule has 0 bridgehead atoms. The first-order chi connectivity index (χ1) is 12.2. The highest BCUT2D eigenvalue weighted by Crippen LogP contribution is 2.35. The van der Waals surface area contributed by atoms with E-state index in [-0.39, 0.29) is 12.1 Å². The molecule has 6 heteroatoms. The highest BCUT2D eigenvalue weighted by Gasteiger charge is 2.31. The summed E-state index contributed by atoms with van der Waals surface area (Å²) >= 11 is 0. The molecule has 25 heavy (non-hydrogen) atoms. The summed E-state index contributed by atoms with van der Waals surface area (Å²) in [6, 6.07) is 1.08. The summed E-state index contributed by atoms with van der Waals surface area (Å²) in [5.41, 5.74) is 0. The molecule has 2 N–H and O–H groups in total. The Morgan fingerprint density at radius 2 is 1.00 bits per heavy atom. The first kappa shape index (κ1) is 17.0. The average Bonchev–Trinajstić information content (AvgIpc) is 3.50. The molecule has 2 saturated carbocycles. The summed E-state index contributed by atoms with van der Waals surface area (Å²) in [6.45, 7) is 3.73. The summed E-state index contributed by atoms with van der Waals surface area (Å²) in [5, 5.41) is 6.37. The van der Waals surface area contributed by atoms with Crippen molar-refractivity contribution >= 4 is 12.1 Å². The molecular weight excluding hydrogens is 316 g/mol. The maximum absolute atomic E-state index is 11.8. The number of hydrogen-bond acceptors (Lipinski definition) is 2. The lowest BCUT2D eigenvalue weighted by atomic mass is 9.75. The maximum Gasteiger partial charge on any atom is 0.317 e. The monoisotopic (exact) mass is 348 g/mol. The zero-order valence-electron chi connectivity index (χ0n) is 15.2. The van der Waals surface area contributed by atoms with Crippen LogP contribution in [0.4, 0.5) is 9.59 Å². The van der Waals surface area contributed by atoms with Gasteiger partial charge < -0.3 is 20.4 Å². The molecule has 0 spiro atoms. The Morgan fingerprint density at radius 3 is 1.32 bits per heavy atom. The molecule has 0 aromatic heterocycles. The summed E-state index contributed by atoms with van der Waals surface area (Å²) in [4.78, 5) is 27.3. The molecule has 0 atom stereocenters. The van der Waals surface area contributed by atoms with Gasteiger partial charge in [0.2, 0.25) is 0 Å². The minimum absolute atomic E-state index is 0.145. The van der Waals surface area contributed by atoms with Crippen molar-refractivity contribution in [3.05, 3.63) is 0 Å². The van der Waals surface area contributed by atoms with Crippen LogP contribution in [0.3, 0.4) is 0 Å². The van der Waals surface area contributed by atoms with Crippen molar-refractivity contribution < 1.29 is 9.59 Å². The van der Waals surface area contributed by atoms with Gasteiger partial charge in [0.1, 0.15) is 0 Å². The molecule has 2 aliphatic heterocycles. The van der Waals surface area contributed by atoms with E-state index in [0.29, 0.717) is 12.1 Å². The van der Waals surface area contributed by atoms with Crippen molar-refractivity contribution in [1.29, 1.82) is 0 Å². The molecule has 2 aliphatic carbocycles. The SMILES string of the molecule is O=C(NC1CCC(CC2CCC(NC(=O)N3CC3)CC2)CC1)N1CC1. The second-order valence-electron chi connectivity index (χ2n) is 8.54. The second-order valence-corrected chi connectivity index (χ2v) is 8.54. The van der Waals surface area contributed by atoms with Gasteiger partial charge in [-0.25, -0.2) is 9.59 Å². The normalized spacial score (nSPS) is 34.4. The van der Waals surface area contributed by atoms with Crippen LogP contribution >= 0.6 is 0 Å². The van der Waals surface area contributed by atoms with Gasteiger partial charge in [-0.1, -0.05) is 0 Å². The van der Waals surface area contributed by atoms with Crippen molar-refractivity contribution in [2.75, 3.05) is 26.2 Å². The zero-order valence-corrected chi connectivity index (χ0v) is 15.2. The van der Waals surface area contributed by atoms with Crippen LogP contribution in [0, 0.1) is 11.8 Å². The highest BCUT2D eigenvalue weighted by atomic mass is 16.2. The third-order valence-corrected chi connectivity index (χ3v) is 6.48. The largest absolute Gasteiger partial charge is 0.335 e. The maximum atomic E-state index is 11.8. The molecular formula is C19H32N4O2. The van der Waals surface area contributed by atoms with E-state index in [4.69, 9.17) is 0 Å². The smallest absolute Gasteiger partial charge is 0.317 e. The molecule has 4 fully saturated rings. The Morgan fingerprint density at radius 1 is 0.640 bits per heavy atom. The summed E-state index contributed by atoms with van der Waals surface area (Å²) in [7, 11) is 0. The lowest BCUT2D eigenvalue weighted by Crippen LogP contribution is -2.41. The van der Waals surface area contributed by atoms with Crippen molar-refractivity contribution in [1.82, 2.24) is 20.4 Å². The number of carbonyl (C=O) groups is 2. The molecule has 4 aliphatic rings. The number of nitrogens with zero attached hydrogens (tertiary/aromatic N) is 2. The van der Waals surface area contributed by atoms with Gasteiger partial charge in [0.25, 0.3) is 0 Å². The number of carbonyl (C=O) groups excluding carboxylic acids is 2. The van der Waals surface area contributed by atoms with Gasteiger partial charge in [-0.15, -0.1) is 0 Å².